The van der Waals surface area contributed by atoms with Crippen LogP contribution in [0.3, 0.4) is 0 Å². The lowest BCUT2D eigenvalue weighted by atomic mass is 10.1. The van der Waals surface area contributed by atoms with Crippen LogP contribution >= 0.6 is 0 Å². The number of carbonyl (C=O) groups is 2. The summed E-state index contributed by atoms with van der Waals surface area (Å²) in [5.41, 5.74) is 1.15. The minimum absolute atomic E-state index is 0.175. The normalized spacial score (nSPS) is 15.4. The fourth-order valence-corrected chi connectivity index (χ4v) is 2.26. The number of carboxylic acid groups (broad SMARTS) is 1. The van der Waals surface area contributed by atoms with Crippen molar-refractivity contribution in [3.63, 3.8) is 0 Å². The average Bonchev–Trinajstić information content (AvgIpc) is 2.48. The summed E-state index contributed by atoms with van der Waals surface area (Å²) >= 11 is 0. The zero-order valence-electron chi connectivity index (χ0n) is 11.8. The summed E-state index contributed by atoms with van der Waals surface area (Å²) < 4.78 is 5.23. The maximum absolute atomic E-state index is 11.7. The highest BCUT2D eigenvalue weighted by molar-refractivity contribution is 5.87. The van der Waals surface area contributed by atoms with Crippen molar-refractivity contribution in [1.82, 2.24) is 10.6 Å². The Morgan fingerprint density at radius 2 is 2.05 bits per heavy atom. The van der Waals surface area contributed by atoms with Gasteiger partial charge < -0.3 is 20.5 Å². The summed E-state index contributed by atoms with van der Waals surface area (Å²) in [6.45, 7) is 1.85. The molecule has 1 heterocycles. The molecule has 0 aliphatic carbocycles. The van der Waals surface area contributed by atoms with Gasteiger partial charge in [0.25, 0.3) is 0 Å². The molecule has 0 bridgehead atoms. The SMILES string of the molecule is O=C(NCCc1cccc(C(=O)O)c1)NC1CCOCC1. The van der Waals surface area contributed by atoms with E-state index in [1.165, 1.54) is 0 Å². The van der Waals surface area contributed by atoms with E-state index in [4.69, 9.17) is 9.84 Å². The number of benzene rings is 1. The van der Waals surface area contributed by atoms with E-state index in [1.54, 1.807) is 18.2 Å². The van der Waals surface area contributed by atoms with Crippen molar-refractivity contribution in [3.05, 3.63) is 35.4 Å². The monoisotopic (exact) mass is 292 g/mol. The van der Waals surface area contributed by atoms with Gasteiger partial charge in [0.05, 0.1) is 5.56 Å². The lowest BCUT2D eigenvalue weighted by Gasteiger charge is -2.23. The van der Waals surface area contributed by atoms with Gasteiger partial charge >= 0.3 is 12.0 Å². The Morgan fingerprint density at radius 3 is 2.76 bits per heavy atom. The number of carbonyl (C=O) groups excluding carboxylic acids is 1. The number of nitrogens with one attached hydrogen (secondary N) is 2. The molecule has 21 heavy (non-hydrogen) atoms. The van der Waals surface area contributed by atoms with Gasteiger partial charge in [0.1, 0.15) is 0 Å². The highest BCUT2D eigenvalue weighted by Gasteiger charge is 2.15. The summed E-state index contributed by atoms with van der Waals surface area (Å²) in [5, 5.41) is 14.6. The first-order chi connectivity index (χ1) is 10.1. The van der Waals surface area contributed by atoms with Gasteiger partial charge in [-0.05, 0) is 37.0 Å². The number of aromatic carboxylic acids is 1. The summed E-state index contributed by atoms with van der Waals surface area (Å²) in [4.78, 5) is 22.6. The van der Waals surface area contributed by atoms with Crippen LogP contribution in [-0.4, -0.2) is 42.9 Å². The van der Waals surface area contributed by atoms with Crippen molar-refractivity contribution in [2.45, 2.75) is 25.3 Å². The van der Waals surface area contributed by atoms with Gasteiger partial charge in [0.15, 0.2) is 0 Å². The topological polar surface area (TPSA) is 87.7 Å². The first-order valence-electron chi connectivity index (χ1n) is 7.09. The molecule has 114 valence electrons. The van der Waals surface area contributed by atoms with Gasteiger partial charge in [-0.15, -0.1) is 0 Å². The maximum Gasteiger partial charge on any atom is 0.335 e. The van der Waals surface area contributed by atoms with Crippen LogP contribution in [-0.2, 0) is 11.2 Å². The highest BCUT2D eigenvalue weighted by atomic mass is 16.5. The van der Waals surface area contributed by atoms with Crippen molar-refractivity contribution in [2.24, 2.45) is 0 Å². The van der Waals surface area contributed by atoms with Gasteiger partial charge in [-0.2, -0.15) is 0 Å². The molecule has 0 unspecified atom stereocenters. The third-order valence-electron chi connectivity index (χ3n) is 3.43. The van der Waals surface area contributed by atoms with Crippen LogP contribution in [0.15, 0.2) is 24.3 Å². The number of amides is 2. The van der Waals surface area contributed by atoms with Gasteiger partial charge in [-0.25, -0.2) is 9.59 Å². The zero-order chi connectivity index (χ0) is 15.1. The van der Waals surface area contributed by atoms with Crippen molar-refractivity contribution in [3.8, 4) is 0 Å². The minimum Gasteiger partial charge on any atom is -0.478 e. The quantitative estimate of drug-likeness (QED) is 0.765. The van der Waals surface area contributed by atoms with E-state index in [-0.39, 0.29) is 17.6 Å². The van der Waals surface area contributed by atoms with E-state index < -0.39 is 5.97 Å². The maximum atomic E-state index is 11.7. The fourth-order valence-electron chi connectivity index (χ4n) is 2.26. The Bertz CT molecular complexity index is 498. The van der Waals surface area contributed by atoms with Gasteiger partial charge in [-0.1, -0.05) is 12.1 Å². The molecule has 3 N–H and O–H groups in total. The molecule has 1 aromatic carbocycles. The smallest absolute Gasteiger partial charge is 0.335 e. The minimum atomic E-state index is -0.943. The summed E-state index contributed by atoms with van der Waals surface area (Å²) in [6, 6.07) is 6.73. The Kier molecular flexibility index (Phi) is 5.57. The standard InChI is InChI=1S/C15H20N2O4/c18-14(19)12-3-1-2-11(10-12)4-7-16-15(20)17-13-5-8-21-9-6-13/h1-3,10,13H,4-9H2,(H,18,19)(H2,16,17,20). The third-order valence-corrected chi connectivity index (χ3v) is 3.43. The molecule has 1 fully saturated rings. The van der Waals surface area contributed by atoms with Gasteiger partial charge in [0.2, 0.25) is 0 Å². The predicted molar refractivity (Wildman–Crippen MR) is 77.5 cm³/mol. The fraction of sp³-hybridized carbons (Fsp3) is 0.467. The third kappa shape index (κ3) is 5.07. The molecule has 0 radical (unpaired) electrons. The second-order valence-corrected chi connectivity index (χ2v) is 5.04. The molecule has 1 aromatic rings. The Morgan fingerprint density at radius 1 is 1.29 bits per heavy atom. The van der Waals surface area contributed by atoms with E-state index in [1.807, 2.05) is 6.07 Å². The molecule has 1 saturated heterocycles. The molecule has 1 aliphatic rings. The highest BCUT2D eigenvalue weighted by Crippen LogP contribution is 2.07. The lowest BCUT2D eigenvalue weighted by molar-refractivity contribution is 0.0696. The average molecular weight is 292 g/mol. The Hall–Kier alpha value is -2.08. The van der Waals surface area contributed by atoms with Crippen LogP contribution in [0.2, 0.25) is 0 Å². The number of urea groups is 1. The van der Waals surface area contributed by atoms with Gasteiger partial charge in [0, 0.05) is 25.8 Å². The molecule has 2 amide bonds. The van der Waals surface area contributed by atoms with Crippen LogP contribution in [0.1, 0.15) is 28.8 Å². The van der Waals surface area contributed by atoms with Crippen molar-refractivity contribution in [1.29, 1.82) is 0 Å². The largest absolute Gasteiger partial charge is 0.478 e. The first kappa shape index (κ1) is 15.3. The Labute approximate surface area is 123 Å². The van der Waals surface area contributed by atoms with E-state index in [0.29, 0.717) is 26.2 Å². The molecule has 6 heteroatoms. The van der Waals surface area contributed by atoms with E-state index in [9.17, 15) is 9.59 Å². The van der Waals surface area contributed by atoms with Crippen LogP contribution in [0, 0.1) is 0 Å². The van der Waals surface area contributed by atoms with Crippen LogP contribution in [0.4, 0.5) is 4.79 Å². The zero-order valence-corrected chi connectivity index (χ0v) is 11.8. The summed E-state index contributed by atoms with van der Waals surface area (Å²) in [6.07, 6.45) is 2.28. The molecule has 6 nitrogen and oxygen atoms in total. The van der Waals surface area contributed by atoms with Crippen LogP contribution in [0.25, 0.3) is 0 Å². The molecule has 1 aliphatic heterocycles. The molecule has 2 rings (SSSR count). The van der Waals surface area contributed by atoms with Crippen molar-refractivity contribution in [2.75, 3.05) is 19.8 Å². The van der Waals surface area contributed by atoms with Gasteiger partial charge in [-0.3, -0.25) is 0 Å². The first-order valence-corrected chi connectivity index (χ1v) is 7.09. The number of hydrogen-bond acceptors (Lipinski definition) is 3. The van der Waals surface area contributed by atoms with E-state index in [2.05, 4.69) is 10.6 Å². The van der Waals surface area contributed by atoms with E-state index in [0.717, 1.165) is 18.4 Å². The molecule has 0 atom stereocenters. The number of hydrogen-bond donors (Lipinski definition) is 3. The van der Waals surface area contributed by atoms with Crippen molar-refractivity contribution >= 4 is 12.0 Å². The molecular formula is C15H20N2O4. The van der Waals surface area contributed by atoms with Crippen molar-refractivity contribution < 1.29 is 19.4 Å². The number of rotatable bonds is 5. The molecule has 0 spiro atoms. The summed E-state index contributed by atoms with van der Waals surface area (Å²) in [7, 11) is 0. The molecular weight excluding hydrogens is 272 g/mol. The lowest BCUT2D eigenvalue weighted by Crippen LogP contribution is -2.44. The second-order valence-electron chi connectivity index (χ2n) is 5.04. The van der Waals surface area contributed by atoms with Crippen LogP contribution < -0.4 is 10.6 Å². The second kappa shape index (κ2) is 7.64. The number of carboxylic acids is 1. The molecule has 0 saturated carbocycles. The Balaban J connectivity index is 1.72. The van der Waals surface area contributed by atoms with Crippen LogP contribution in [0.5, 0.6) is 0 Å². The predicted octanol–water partition coefficient (Wildman–Crippen LogP) is 1.41. The van der Waals surface area contributed by atoms with E-state index >= 15 is 0 Å². The number of ether oxygens (including phenoxy) is 1. The molecule has 0 aromatic heterocycles. The summed E-state index contributed by atoms with van der Waals surface area (Å²) in [5.74, 6) is -0.943.